The molecule has 46 heavy (non-hydrogen) atoms. The minimum absolute atomic E-state index is 0.0626. The van der Waals surface area contributed by atoms with Crippen LogP contribution < -0.4 is 0 Å². The minimum Gasteiger partial charge on any atom is -0.456 e. The van der Waals surface area contributed by atoms with E-state index in [-0.39, 0.29) is 39.4 Å². The third kappa shape index (κ3) is 3.72. The van der Waals surface area contributed by atoms with Gasteiger partial charge in [-0.1, -0.05) is 109 Å². The highest BCUT2D eigenvalue weighted by Gasteiger charge is 2.18. The van der Waals surface area contributed by atoms with Crippen molar-refractivity contribution < 1.29 is 15.4 Å². The van der Waals surface area contributed by atoms with Crippen molar-refractivity contribution in [1.29, 1.82) is 0 Å². The Labute approximate surface area is 274 Å². The highest BCUT2D eigenvalue weighted by atomic mass is 16.3. The second-order valence-electron chi connectivity index (χ2n) is 11.1. The number of rotatable bonds is 3. The molecule has 0 saturated carbocycles. The summed E-state index contributed by atoms with van der Waals surface area (Å²) < 4.78 is 77.4. The van der Waals surface area contributed by atoms with Crippen molar-refractivity contribution in [3.8, 4) is 28.7 Å². The SMILES string of the molecule is [2H]c1c([2H])c([2H])c2c(c1[2H])c1c([2H])c([2H])c([2H])c([2H])c1n2-c1nc(-c2ccc3c(c2)oc2ccccc23)nc(-c2ccc3ccc4ccccc4c3c2)n1. The van der Waals surface area contributed by atoms with Crippen LogP contribution in [0, 0.1) is 0 Å². The summed E-state index contributed by atoms with van der Waals surface area (Å²) in [5.74, 6) is 0.367. The summed E-state index contributed by atoms with van der Waals surface area (Å²) in [6.07, 6.45) is 0. The molecule has 214 valence electrons. The molecular weight excluding hydrogens is 564 g/mol. The summed E-state index contributed by atoms with van der Waals surface area (Å²) in [7, 11) is 0. The van der Waals surface area contributed by atoms with Gasteiger partial charge in [0.1, 0.15) is 11.2 Å². The minimum atomic E-state index is -0.530. The van der Waals surface area contributed by atoms with E-state index in [4.69, 9.17) is 30.3 Å². The molecule has 0 bridgehead atoms. The van der Waals surface area contributed by atoms with E-state index in [9.17, 15) is 0 Å². The highest BCUT2D eigenvalue weighted by molar-refractivity contribution is 6.10. The molecule has 3 heterocycles. The predicted molar refractivity (Wildman–Crippen MR) is 187 cm³/mol. The number of aromatic nitrogens is 4. The van der Waals surface area contributed by atoms with Crippen molar-refractivity contribution in [3.05, 3.63) is 145 Å². The van der Waals surface area contributed by atoms with Crippen LogP contribution in [0.15, 0.2) is 150 Å². The first kappa shape index (κ1) is 18.5. The van der Waals surface area contributed by atoms with Crippen molar-refractivity contribution in [2.75, 3.05) is 0 Å². The Morgan fingerprint density at radius 1 is 0.478 bits per heavy atom. The van der Waals surface area contributed by atoms with Gasteiger partial charge in [-0.2, -0.15) is 9.97 Å². The third-order valence-electron chi connectivity index (χ3n) is 8.50. The summed E-state index contributed by atoms with van der Waals surface area (Å²) in [5.41, 5.74) is 2.38. The van der Waals surface area contributed by atoms with Gasteiger partial charge in [-0.25, -0.2) is 4.98 Å². The molecule has 0 spiro atoms. The Hall–Kier alpha value is -6.33. The van der Waals surface area contributed by atoms with Crippen LogP contribution in [0.1, 0.15) is 11.0 Å². The summed E-state index contributed by atoms with van der Waals surface area (Å²) >= 11 is 0. The number of fused-ring (bicyclic) bond motifs is 9. The van der Waals surface area contributed by atoms with Gasteiger partial charge in [-0.3, -0.25) is 4.57 Å². The first-order chi connectivity index (χ1) is 26.1. The average Bonchev–Trinajstić information content (AvgIpc) is 3.77. The van der Waals surface area contributed by atoms with Crippen molar-refractivity contribution in [2.24, 2.45) is 0 Å². The van der Waals surface area contributed by atoms with Crippen molar-refractivity contribution in [3.63, 3.8) is 0 Å². The standard InChI is InChI=1S/C41H24N4O/c1-2-10-29-25(9-1)17-18-26-19-20-27(23-34(26)29)39-42-40(28-21-22-33-32-13-5-8-16-37(32)46-38(33)24-28)44-41(43-39)45-35-14-6-3-11-30(35)31-12-4-7-15-36(31)45/h1-24H/i3D,4D,6D,7D,11D,12D,14D,15D. The van der Waals surface area contributed by atoms with E-state index in [2.05, 4.69) is 6.07 Å². The van der Waals surface area contributed by atoms with Crippen LogP contribution in [-0.2, 0) is 0 Å². The second kappa shape index (κ2) is 9.58. The predicted octanol–water partition coefficient (Wildman–Crippen LogP) is 10.5. The molecule has 0 saturated heterocycles. The number of nitrogens with zero attached hydrogens (tertiary/aromatic N) is 4. The fourth-order valence-electron chi connectivity index (χ4n) is 6.35. The Morgan fingerprint density at radius 3 is 1.85 bits per heavy atom. The number of benzene rings is 7. The summed E-state index contributed by atoms with van der Waals surface area (Å²) in [6, 6.07) is 27.5. The lowest BCUT2D eigenvalue weighted by Gasteiger charge is -2.12. The van der Waals surface area contributed by atoms with Gasteiger partial charge in [0.15, 0.2) is 11.6 Å². The van der Waals surface area contributed by atoms with Gasteiger partial charge < -0.3 is 4.42 Å². The topological polar surface area (TPSA) is 56.7 Å². The summed E-state index contributed by atoms with van der Waals surface area (Å²) in [4.78, 5) is 14.8. The van der Waals surface area contributed by atoms with E-state index in [1.54, 1.807) is 0 Å². The molecule has 0 atom stereocenters. The monoisotopic (exact) mass is 596 g/mol. The second-order valence-corrected chi connectivity index (χ2v) is 11.1. The summed E-state index contributed by atoms with van der Waals surface area (Å²) in [6.45, 7) is 0. The number of hydrogen-bond donors (Lipinski definition) is 0. The van der Waals surface area contributed by atoms with E-state index in [0.717, 1.165) is 37.9 Å². The summed E-state index contributed by atoms with van der Waals surface area (Å²) in [5, 5.41) is 5.81. The van der Waals surface area contributed by atoms with E-state index in [0.29, 0.717) is 16.7 Å². The van der Waals surface area contributed by atoms with Crippen LogP contribution in [0.4, 0.5) is 0 Å². The van der Waals surface area contributed by atoms with Crippen LogP contribution in [0.25, 0.3) is 94.0 Å². The first-order valence-electron chi connectivity index (χ1n) is 18.7. The molecule has 0 unspecified atom stereocenters. The molecule has 5 heteroatoms. The Balaban J connectivity index is 1.33. The normalized spacial score (nSPS) is 14.3. The van der Waals surface area contributed by atoms with Crippen LogP contribution in [-0.4, -0.2) is 19.5 Å². The Kier molecular flexibility index (Phi) is 3.85. The molecule has 10 aromatic rings. The quantitative estimate of drug-likeness (QED) is 0.190. The number of para-hydroxylation sites is 3. The van der Waals surface area contributed by atoms with Gasteiger partial charge in [0, 0.05) is 32.7 Å². The zero-order chi connectivity index (χ0) is 37.2. The zero-order valence-electron chi connectivity index (χ0n) is 31.9. The molecule has 10 rings (SSSR count). The fraction of sp³-hybridized carbons (Fsp3) is 0. The molecule has 0 N–H and O–H groups in total. The van der Waals surface area contributed by atoms with Crippen LogP contribution in [0.3, 0.4) is 0 Å². The maximum atomic E-state index is 9.03. The molecule has 0 fully saturated rings. The lowest BCUT2D eigenvalue weighted by molar-refractivity contribution is 0.669. The molecule has 0 amide bonds. The average molecular weight is 597 g/mol. The maximum Gasteiger partial charge on any atom is 0.238 e. The number of furan rings is 1. The first-order valence-corrected chi connectivity index (χ1v) is 14.7. The maximum absolute atomic E-state index is 9.03. The van der Waals surface area contributed by atoms with Gasteiger partial charge in [-0.15, -0.1) is 0 Å². The molecule has 0 aliphatic carbocycles. The van der Waals surface area contributed by atoms with Gasteiger partial charge >= 0.3 is 0 Å². The molecule has 0 aliphatic rings. The van der Waals surface area contributed by atoms with E-state index in [1.165, 1.54) is 4.57 Å². The van der Waals surface area contributed by atoms with Gasteiger partial charge in [0.05, 0.1) is 22.0 Å². The Morgan fingerprint density at radius 2 is 1.07 bits per heavy atom. The van der Waals surface area contributed by atoms with E-state index < -0.39 is 48.3 Å². The largest absolute Gasteiger partial charge is 0.456 e. The smallest absolute Gasteiger partial charge is 0.238 e. The lowest BCUT2D eigenvalue weighted by Crippen LogP contribution is -2.06. The lowest BCUT2D eigenvalue weighted by atomic mass is 10.00. The van der Waals surface area contributed by atoms with Crippen LogP contribution in [0.2, 0.25) is 0 Å². The van der Waals surface area contributed by atoms with Crippen molar-refractivity contribution in [2.45, 2.75) is 0 Å². The molecule has 5 nitrogen and oxygen atoms in total. The highest BCUT2D eigenvalue weighted by Crippen LogP contribution is 2.35. The van der Waals surface area contributed by atoms with Crippen molar-refractivity contribution >= 4 is 65.3 Å². The molecule has 0 aliphatic heterocycles. The third-order valence-corrected chi connectivity index (χ3v) is 8.50. The molecular formula is C41H24N4O. The molecule has 0 radical (unpaired) electrons. The fourth-order valence-corrected chi connectivity index (χ4v) is 6.35. The van der Waals surface area contributed by atoms with E-state index in [1.807, 2.05) is 91.0 Å². The zero-order valence-corrected chi connectivity index (χ0v) is 23.9. The van der Waals surface area contributed by atoms with Crippen molar-refractivity contribution in [1.82, 2.24) is 19.5 Å². The van der Waals surface area contributed by atoms with Gasteiger partial charge in [0.2, 0.25) is 5.95 Å². The molecule has 7 aromatic carbocycles. The van der Waals surface area contributed by atoms with Crippen LogP contribution in [0.5, 0.6) is 0 Å². The Bertz CT molecular complexity index is 3210. The van der Waals surface area contributed by atoms with E-state index >= 15 is 0 Å². The van der Waals surface area contributed by atoms with Crippen LogP contribution >= 0.6 is 0 Å². The van der Waals surface area contributed by atoms with Gasteiger partial charge in [0.25, 0.3) is 0 Å². The molecule has 3 aromatic heterocycles. The van der Waals surface area contributed by atoms with Gasteiger partial charge in [-0.05, 0) is 57.9 Å². The number of hydrogen-bond acceptors (Lipinski definition) is 4.